The fourth-order valence-electron chi connectivity index (χ4n) is 2.71. The Morgan fingerprint density at radius 1 is 0.885 bits per heavy atom. The molecule has 0 amide bonds. The molecule has 0 radical (unpaired) electrons. The fraction of sp³-hybridized carbons (Fsp3) is 0.409. The van der Waals surface area contributed by atoms with Crippen molar-refractivity contribution in [3.05, 3.63) is 54.1 Å². The highest BCUT2D eigenvalue weighted by Crippen LogP contribution is 2.23. The molecule has 1 fully saturated rings. The Kier molecular flexibility index (Phi) is 7.06. The molecule has 2 aromatic carbocycles. The molecule has 0 saturated carbocycles. The van der Waals surface area contributed by atoms with Gasteiger partial charge in [-0.1, -0.05) is 30.7 Å². The summed E-state index contributed by atoms with van der Waals surface area (Å²) in [4.78, 5) is 0. The van der Waals surface area contributed by atoms with Gasteiger partial charge >= 0.3 is 0 Å². The normalized spacial score (nSPS) is 15.4. The molecule has 0 aliphatic carbocycles. The van der Waals surface area contributed by atoms with Gasteiger partial charge in [-0.05, 0) is 54.7 Å². The van der Waals surface area contributed by atoms with Gasteiger partial charge < -0.3 is 14.2 Å². The molecular formula is C22H25NO3. The zero-order valence-corrected chi connectivity index (χ0v) is 15.0. The molecule has 1 heterocycles. The van der Waals surface area contributed by atoms with Gasteiger partial charge in [0.2, 0.25) is 0 Å². The fourth-order valence-corrected chi connectivity index (χ4v) is 2.71. The summed E-state index contributed by atoms with van der Waals surface area (Å²) in [5.41, 5.74) is 2.90. The van der Waals surface area contributed by atoms with E-state index >= 15 is 0 Å². The molecular weight excluding hydrogens is 326 g/mol. The highest BCUT2D eigenvalue weighted by atomic mass is 16.6. The number of ether oxygens (including phenoxy) is 3. The van der Waals surface area contributed by atoms with Crippen molar-refractivity contribution in [1.29, 1.82) is 5.26 Å². The molecule has 26 heavy (non-hydrogen) atoms. The second-order valence-corrected chi connectivity index (χ2v) is 6.51. The number of benzene rings is 2. The van der Waals surface area contributed by atoms with Crippen LogP contribution >= 0.6 is 0 Å². The smallest absolute Gasteiger partial charge is 0.119 e. The largest absolute Gasteiger partial charge is 0.494 e. The van der Waals surface area contributed by atoms with Gasteiger partial charge in [-0.2, -0.15) is 5.26 Å². The molecule has 0 N–H and O–H groups in total. The van der Waals surface area contributed by atoms with Gasteiger partial charge in [-0.25, -0.2) is 0 Å². The first-order chi connectivity index (χ1) is 12.8. The van der Waals surface area contributed by atoms with Crippen molar-refractivity contribution in [1.82, 2.24) is 0 Å². The van der Waals surface area contributed by atoms with Crippen LogP contribution in [-0.2, 0) is 9.47 Å². The van der Waals surface area contributed by atoms with Crippen LogP contribution in [0.2, 0.25) is 0 Å². The summed E-state index contributed by atoms with van der Waals surface area (Å²) in [5, 5.41) is 8.85. The van der Waals surface area contributed by atoms with Gasteiger partial charge in [0.15, 0.2) is 0 Å². The summed E-state index contributed by atoms with van der Waals surface area (Å²) in [5.74, 6) is 0.898. The maximum atomic E-state index is 8.85. The molecule has 136 valence electrons. The summed E-state index contributed by atoms with van der Waals surface area (Å²) in [6.45, 7) is 3.19. The maximum absolute atomic E-state index is 8.85. The Bertz CT molecular complexity index is 700. The molecule has 4 heteroatoms. The van der Waals surface area contributed by atoms with Gasteiger partial charge in [-0.3, -0.25) is 0 Å². The lowest BCUT2D eigenvalue weighted by Gasteiger charge is -2.08. The van der Waals surface area contributed by atoms with E-state index in [-0.39, 0.29) is 0 Å². The van der Waals surface area contributed by atoms with Crippen molar-refractivity contribution in [2.45, 2.75) is 31.8 Å². The second kappa shape index (κ2) is 9.96. The SMILES string of the molecule is N#Cc1ccc(-c2ccc(OCCCCCCOC[C@@H]3CO3)cc2)cc1. The van der Waals surface area contributed by atoms with E-state index < -0.39 is 0 Å². The molecule has 0 unspecified atom stereocenters. The number of epoxide rings is 1. The van der Waals surface area contributed by atoms with Gasteiger partial charge in [-0.15, -0.1) is 0 Å². The molecule has 1 atom stereocenters. The maximum Gasteiger partial charge on any atom is 0.119 e. The molecule has 2 aromatic rings. The van der Waals surface area contributed by atoms with Crippen LogP contribution in [0.3, 0.4) is 0 Å². The number of unbranched alkanes of at least 4 members (excludes halogenated alkanes) is 3. The second-order valence-electron chi connectivity index (χ2n) is 6.51. The number of hydrogen-bond acceptors (Lipinski definition) is 4. The summed E-state index contributed by atoms with van der Waals surface area (Å²) in [6, 6.07) is 17.9. The molecule has 1 saturated heterocycles. The first-order valence-electron chi connectivity index (χ1n) is 9.28. The van der Waals surface area contributed by atoms with Crippen LogP contribution in [-0.4, -0.2) is 32.5 Å². The summed E-state index contributed by atoms with van der Waals surface area (Å²) >= 11 is 0. The number of nitrogens with zero attached hydrogens (tertiary/aromatic N) is 1. The number of nitriles is 1. The predicted octanol–water partition coefficient (Wildman–Crippen LogP) is 4.58. The molecule has 1 aliphatic rings. The molecule has 0 aromatic heterocycles. The quantitative estimate of drug-likeness (QED) is 0.439. The lowest BCUT2D eigenvalue weighted by Crippen LogP contribution is -2.03. The number of rotatable bonds is 11. The van der Waals surface area contributed by atoms with Crippen LogP contribution in [0.15, 0.2) is 48.5 Å². The lowest BCUT2D eigenvalue weighted by atomic mass is 10.0. The highest BCUT2D eigenvalue weighted by molar-refractivity contribution is 5.64. The zero-order valence-electron chi connectivity index (χ0n) is 15.0. The summed E-state index contributed by atoms with van der Waals surface area (Å²) < 4.78 is 16.4. The summed E-state index contributed by atoms with van der Waals surface area (Å²) in [7, 11) is 0. The van der Waals surface area contributed by atoms with E-state index in [9.17, 15) is 0 Å². The molecule has 0 spiro atoms. The van der Waals surface area contributed by atoms with E-state index in [1.54, 1.807) is 0 Å². The first kappa shape index (κ1) is 18.4. The van der Waals surface area contributed by atoms with Gasteiger partial charge in [0.25, 0.3) is 0 Å². The Morgan fingerprint density at radius 2 is 1.50 bits per heavy atom. The number of hydrogen-bond donors (Lipinski definition) is 0. The van der Waals surface area contributed by atoms with Crippen LogP contribution in [0.1, 0.15) is 31.2 Å². The van der Waals surface area contributed by atoms with Gasteiger partial charge in [0.1, 0.15) is 11.9 Å². The monoisotopic (exact) mass is 351 g/mol. The van der Waals surface area contributed by atoms with E-state index in [0.29, 0.717) is 11.7 Å². The van der Waals surface area contributed by atoms with Crippen molar-refractivity contribution >= 4 is 0 Å². The van der Waals surface area contributed by atoms with Gasteiger partial charge in [0, 0.05) is 6.61 Å². The predicted molar refractivity (Wildman–Crippen MR) is 101 cm³/mol. The van der Waals surface area contributed by atoms with E-state index in [2.05, 4.69) is 18.2 Å². The average Bonchev–Trinajstić information content (AvgIpc) is 3.52. The van der Waals surface area contributed by atoms with Gasteiger partial charge in [0.05, 0.1) is 31.5 Å². The standard InChI is InChI=1S/C22H25NO3/c23-15-18-5-7-19(8-6-18)20-9-11-21(12-10-20)25-14-4-2-1-3-13-24-16-22-17-26-22/h5-12,22H,1-4,13-14,16-17H2/t22-/m1/s1. The van der Waals surface area contributed by atoms with Crippen molar-refractivity contribution in [2.24, 2.45) is 0 Å². The van der Waals surface area contributed by atoms with Crippen LogP contribution < -0.4 is 4.74 Å². The van der Waals surface area contributed by atoms with Crippen LogP contribution in [0.5, 0.6) is 5.75 Å². The minimum atomic E-state index is 0.367. The zero-order chi connectivity index (χ0) is 18.0. The third kappa shape index (κ3) is 6.18. The minimum absolute atomic E-state index is 0.367. The third-order valence-electron chi connectivity index (χ3n) is 4.36. The average molecular weight is 351 g/mol. The van der Waals surface area contributed by atoms with E-state index in [1.165, 1.54) is 6.42 Å². The molecule has 4 nitrogen and oxygen atoms in total. The Hall–Kier alpha value is -2.35. The Labute approximate surface area is 155 Å². The van der Waals surface area contributed by atoms with Crippen LogP contribution in [0.25, 0.3) is 11.1 Å². The molecule has 0 bridgehead atoms. The first-order valence-corrected chi connectivity index (χ1v) is 9.28. The lowest BCUT2D eigenvalue weighted by molar-refractivity contribution is 0.112. The van der Waals surface area contributed by atoms with Crippen molar-refractivity contribution in [3.63, 3.8) is 0 Å². The topological polar surface area (TPSA) is 54.8 Å². The Morgan fingerprint density at radius 3 is 2.12 bits per heavy atom. The Balaban J connectivity index is 1.29. The van der Waals surface area contributed by atoms with Crippen LogP contribution in [0.4, 0.5) is 0 Å². The van der Waals surface area contributed by atoms with Crippen molar-refractivity contribution < 1.29 is 14.2 Å². The van der Waals surface area contributed by atoms with E-state index in [4.69, 9.17) is 19.5 Å². The minimum Gasteiger partial charge on any atom is -0.494 e. The van der Waals surface area contributed by atoms with Crippen molar-refractivity contribution in [2.75, 3.05) is 26.4 Å². The van der Waals surface area contributed by atoms with E-state index in [1.807, 2.05) is 36.4 Å². The van der Waals surface area contributed by atoms with Crippen molar-refractivity contribution in [3.8, 4) is 22.9 Å². The molecule has 1 aliphatic heterocycles. The molecule has 3 rings (SSSR count). The summed E-state index contributed by atoms with van der Waals surface area (Å²) in [6.07, 6.45) is 4.86. The van der Waals surface area contributed by atoms with Crippen LogP contribution in [0, 0.1) is 11.3 Å². The highest BCUT2D eigenvalue weighted by Gasteiger charge is 2.21. The third-order valence-corrected chi connectivity index (χ3v) is 4.36. The van der Waals surface area contributed by atoms with E-state index in [0.717, 1.165) is 62.6 Å².